The van der Waals surface area contributed by atoms with Gasteiger partial charge >= 0.3 is 0 Å². The molecule has 0 saturated heterocycles. The molecule has 2 aromatic carbocycles. The van der Waals surface area contributed by atoms with Crippen molar-refractivity contribution in [2.45, 2.75) is 11.4 Å². The van der Waals surface area contributed by atoms with Gasteiger partial charge in [-0.3, -0.25) is 4.79 Å². The summed E-state index contributed by atoms with van der Waals surface area (Å²) in [4.78, 5) is 12.0. The second kappa shape index (κ2) is 8.10. The number of halogens is 1. The molecular weight excluding hydrogens is 348 g/mol. The lowest BCUT2D eigenvalue weighted by Crippen LogP contribution is -2.20. The van der Waals surface area contributed by atoms with Gasteiger partial charge in [0.05, 0.1) is 4.90 Å². The van der Waals surface area contributed by atoms with Crippen LogP contribution in [0.5, 0.6) is 0 Å². The number of sulfonamides is 1. The van der Waals surface area contributed by atoms with Crippen molar-refractivity contribution >= 4 is 33.6 Å². The van der Waals surface area contributed by atoms with Crippen molar-refractivity contribution < 1.29 is 13.2 Å². The molecule has 0 fully saturated rings. The van der Waals surface area contributed by atoms with E-state index in [1.807, 2.05) is 18.2 Å². The Bertz CT molecular complexity index is 846. The van der Waals surface area contributed by atoms with Crippen LogP contribution in [0.2, 0.25) is 5.02 Å². The highest BCUT2D eigenvalue weighted by Crippen LogP contribution is 2.14. The maximum Gasteiger partial charge on any atom is 0.244 e. The molecule has 2 N–H and O–H groups in total. The van der Waals surface area contributed by atoms with Gasteiger partial charge in [-0.05, 0) is 42.4 Å². The third kappa shape index (κ3) is 4.92. The zero-order valence-corrected chi connectivity index (χ0v) is 14.6. The van der Waals surface area contributed by atoms with Gasteiger partial charge in [-0.2, -0.15) is 0 Å². The molecule has 0 saturated carbocycles. The molecular formula is C17H17ClN2O3S. The van der Waals surface area contributed by atoms with Crippen LogP contribution < -0.4 is 10.0 Å². The summed E-state index contributed by atoms with van der Waals surface area (Å²) in [6.07, 6.45) is 3.00. The molecule has 2 rings (SSSR count). The highest BCUT2D eigenvalue weighted by atomic mass is 35.5. The molecule has 0 radical (unpaired) electrons. The SMILES string of the molecule is CNS(=O)(=O)c1ccc(/C=C/C(=O)NCc2ccccc2Cl)cc1. The van der Waals surface area contributed by atoms with E-state index in [4.69, 9.17) is 11.6 Å². The third-order valence-corrected chi connectivity index (χ3v) is 5.10. The normalized spacial score (nSPS) is 11.6. The summed E-state index contributed by atoms with van der Waals surface area (Å²) < 4.78 is 25.5. The Labute approximate surface area is 146 Å². The Balaban J connectivity index is 1.95. The van der Waals surface area contributed by atoms with E-state index in [1.54, 1.807) is 24.3 Å². The summed E-state index contributed by atoms with van der Waals surface area (Å²) in [5.41, 5.74) is 1.56. The number of benzene rings is 2. The number of hydrogen-bond donors (Lipinski definition) is 2. The fourth-order valence-corrected chi connectivity index (χ4v) is 2.86. The molecule has 0 atom stereocenters. The first kappa shape index (κ1) is 18.2. The quantitative estimate of drug-likeness (QED) is 0.773. The van der Waals surface area contributed by atoms with Crippen LogP contribution in [0, 0.1) is 0 Å². The molecule has 0 aliphatic carbocycles. The maximum atomic E-state index is 11.8. The number of hydrogen-bond acceptors (Lipinski definition) is 3. The van der Waals surface area contributed by atoms with Crippen LogP contribution in [0.4, 0.5) is 0 Å². The van der Waals surface area contributed by atoms with E-state index < -0.39 is 10.0 Å². The van der Waals surface area contributed by atoms with Crippen molar-refractivity contribution in [1.29, 1.82) is 0 Å². The van der Waals surface area contributed by atoms with Gasteiger partial charge in [0.25, 0.3) is 0 Å². The first-order valence-corrected chi connectivity index (χ1v) is 9.01. The van der Waals surface area contributed by atoms with Gasteiger partial charge in [0.1, 0.15) is 0 Å². The van der Waals surface area contributed by atoms with Crippen LogP contribution in [0.3, 0.4) is 0 Å². The summed E-state index contributed by atoms with van der Waals surface area (Å²) in [5.74, 6) is -0.262. The number of rotatable bonds is 6. The van der Waals surface area contributed by atoms with E-state index in [2.05, 4.69) is 10.0 Å². The first-order chi connectivity index (χ1) is 11.4. The van der Waals surface area contributed by atoms with Gasteiger partial charge in [0.15, 0.2) is 0 Å². The fourth-order valence-electron chi connectivity index (χ4n) is 1.93. The summed E-state index contributed by atoms with van der Waals surface area (Å²) in [7, 11) is -2.10. The minimum absolute atomic E-state index is 0.172. The molecule has 0 heterocycles. The Morgan fingerprint density at radius 1 is 1.12 bits per heavy atom. The van der Waals surface area contributed by atoms with Crippen LogP contribution in [0.15, 0.2) is 59.5 Å². The Morgan fingerprint density at radius 3 is 2.42 bits per heavy atom. The van der Waals surface area contributed by atoms with E-state index in [0.717, 1.165) is 11.1 Å². The lowest BCUT2D eigenvalue weighted by Gasteiger charge is -2.04. The number of carbonyl (C=O) groups excluding carboxylic acids is 1. The Hall–Kier alpha value is -2.15. The average Bonchev–Trinajstić information content (AvgIpc) is 2.59. The van der Waals surface area contributed by atoms with Crippen molar-refractivity contribution in [1.82, 2.24) is 10.0 Å². The van der Waals surface area contributed by atoms with Crippen LogP contribution in [-0.4, -0.2) is 21.4 Å². The molecule has 0 unspecified atom stereocenters. The largest absolute Gasteiger partial charge is 0.348 e. The average molecular weight is 365 g/mol. The van der Waals surface area contributed by atoms with Crippen LogP contribution in [-0.2, 0) is 21.4 Å². The summed E-state index contributed by atoms with van der Waals surface area (Å²) >= 11 is 6.02. The van der Waals surface area contributed by atoms with Gasteiger partial charge in [-0.25, -0.2) is 13.1 Å². The van der Waals surface area contributed by atoms with Gasteiger partial charge in [0, 0.05) is 17.6 Å². The molecule has 126 valence electrons. The number of carbonyl (C=O) groups is 1. The summed E-state index contributed by atoms with van der Waals surface area (Å²) in [5, 5.41) is 3.34. The number of nitrogens with one attached hydrogen (secondary N) is 2. The molecule has 7 heteroatoms. The third-order valence-electron chi connectivity index (χ3n) is 3.30. The standard InChI is InChI=1S/C17H17ClN2O3S/c1-19-24(22,23)15-9-6-13(7-10-15)8-11-17(21)20-12-14-4-2-3-5-16(14)18/h2-11,19H,12H2,1H3,(H,20,21)/b11-8+. The molecule has 0 spiro atoms. The van der Waals surface area contributed by atoms with Crippen LogP contribution in [0.25, 0.3) is 6.08 Å². The van der Waals surface area contributed by atoms with E-state index in [0.29, 0.717) is 11.6 Å². The molecule has 0 aliphatic rings. The van der Waals surface area contributed by atoms with Gasteiger partial charge in [-0.1, -0.05) is 41.9 Å². The van der Waals surface area contributed by atoms with Crippen molar-refractivity contribution in [3.8, 4) is 0 Å². The molecule has 0 aromatic heterocycles. The van der Waals surface area contributed by atoms with Gasteiger partial charge < -0.3 is 5.32 Å². The highest BCUT2D eigenvalue weighted by Gasteiger charge is 2.09. The Kier molecular flexibility index (Phi) is 6.14. The Morgan fingerprint density at radius 2 is 1.79 bits per heavy atom. The zero-order valence-electron chi connectivity index (χ0n) is 13.0. The molecule has 24 heavy (non-hydrogen) atoms. The van der Waals surface area contributed by atoms with Gasteiger partial charge in [-0.15, -0.1) is 0 Å². The first-order valence-electron chi connectivity index (χ1n) is 7.15. The van der Waals surface area contributed by atoms with E-state index in [9.17, 15) is 13.2 Å². The van der Waals surface area contributed by atoms with Crippen LogP contribution >= 0.6 is 11.6 Å². The maximum absolute atomic E-state index is 11.8. The van der Waals surface area contributed by atoms with Crippen molar-refractivity contribution in [3.05, 3.63) is 70.8 Å². The van der Waals surface area contributed by atoms with Crippen molar-refractivity contribution in [2.24, 2.45) is 0 Å². The van der Waals surface area contributed by atoms with Gasteiger partial charge in [0.2, 0.25) is 15.9 Å². The van der Waals surface area contributed by atoms with E-state index in [1.165, 1.54) is 25.3 Å². The highest BCUT2D eigenvalue weighted by molar-refractivity contribution is 7.89. The monoisotopic (exact) mass is 364 g/mol. The van der Waals surface area contributed by atoms with Crippen molar-refractivity contribution in [3.63, 3.8) is 0 Å². The minimum atomic E-state index is -3.46. The van der Waals surface area contributed by atoms with E-state index >= 15 is 0 Å². The minimum Gasteiger partial charge on any atom is -0.348 e. The molecule has 0 bridgehead atoms. The second-order valence-electron chi connectivity index (χ2n) is 4.92. The molecule has 0 aliphatic heterocycles. The molecule has 5 nitrogen and oxygen atoms in total. The predicted molar refractivity (Wildman–Crippen MR) is 95.0 cm³/mol. The predicted octanol–water partition coefficient (Wildman–Crippen LogP) is 2.58. The number of amides is 1. The smallest absolute Gasteiger partial charge is 0.244 e. The lowest BCUT2D eigenvalue weighted by atomic mass is 10.2. The molecule has 1 amide bonds. The summed E-state index contributed by atoms with van der Waals surface area (Å²) in [6.45, 7) is 0.336. The second-order valence-corrected chi connectivity index (χ2v) is 7.21. The fraction of sp³-hybridized carbons (Fsp3) is 0.118. The lowest BCUT2D eigenvalue weighted by molar-refractivity contribution is -0.116. The van der Waals surface area contributed by atoms with Crippen LogP contribution in [0.1, 0.15) is 11.1 Å². The summed E-state index contributed by atoms with van der Waals surface area (Å²) in [6, 6.07) is 13.5. The van der Waals surface area contributed by atoms with Crippen molar-refractivity contribution in [2.75, 3.05) is 7.05 Å². The molecule has 2 aromatic rings. The van der Waals surface area contributed by atoms with E-state index in [-0.39, 0.29) is 10.8 Å². The topological polar surface area (TPSA) is 75.3 Å². The zero-order chi connectivity index (χ0) is 17.6.